The van der Waals surface area contributed by atoms with Crippen LogP contribution in [0, 0.1) is 0 Å². The Bertz CT molecular complexity index is 300. The van der Waals surface area contributed by atoms with Crippen molar-refractivity contribution in [3.05, 3.63) is 24.2 Å². The Morgan fingerprint density at radius 1 is 1.46 bits per heavy atom. The maximum Gasteiger partial charge on any atom is 0.311 e. The van der Waals surface area contributed by atoms with E-state index in [2.05, 4.69) is 4.42 Å². The van der Waals surface area contributed by atoms with Crippen molar-refractivity contribution < 1.29 is 24.2 Å². The van der Waals surface area contributed by atoms with E-state index in [1.165, 1.54) is 18.6 Å². The molecule has 1 atom stereocenters. The fourth-order valence-electron chi connectivity index (χ4n) is 0.996. The van der Waals surface area contributed by atoms with Gasteiger partial charge in [-0.15, -0.1) is 0 Å². The van der Waals surface area contributed by atoms with Crippen LogP contribution in [0.1, 0.15) is 17.9 Å². The van der Waals surface area contributed by atoms with E-state index in [0.29, 0.717) is 5.56 Å². The van der Waals surface area contributed by atoms with E-state index in [1.54, 1.807) is 0 Å². The van der Waals surface area contributed by atoms with Gasteiger partial charge in [-0.1, -0.05) is 0 Å². The standard InChI is InChI=1S/C8H8O5/c9-7(10)3-6(8(11)12)5-1-2-13-4-5/h1-2,4,6H,3H2,(H,9,10)(H,11,12). The fraction of sp³-hybridized carbons (Fsp3) is 0.250. The van der Waals surface area contributed by atoms with Crippen LogP contribution in [-0.2, 0) is 9.59 Å². The summed E-state index contributed by atoms with van der Waals surface area (Å²) >= 11 is 0. The van der Waals surface area contributed by atoms with Gasteiger partial charge in [0.2, 0.25) is 0 Å². The monoisotopic (exact) mass is 184 g/mol. The highest BCUT2D eigenvalue weighted by molar-refractivity contribution is 5.82. The molecular formula is C8H8O5. The third-order valence-electron chi connectivity index (χ3n) is 1.62. The second-order valence-corrected chi connectivity index (χ2v) is 2.55. The van der Waals surface area contributed by atoms with Gasteiger partial charge in [-0.3, -0.25) is 9.59 Å². The number of carboxylic acid groups (broad SMARTS) is 2. The number of furan rings is 1. The summed E-state index contributed by atoms with van der Waals surface area (Å²) in [6.07, 6.45) is 2.11. The van der Waals surface area contributed by atoms with Gasteiger partial charge in [0.25, 0.3) is 0 Å². The maximum atomic E-state index is 10.6. The Morgan fingerprint density at radius 2 is 2.15 bits per heavy atom. The van der Waals surface area contributed by atoms with Crippen LogP contribution in [0.5, 0.6) is 0 Å². The number of carbonyl (C=O) groups is 2. The van der Waals surface area contributed by atoms with Gasteiger partial charge in [0.05, 0.1) is 24.9 Å². The van der Waals surface area contributed by atoms with Crippen LogP contribution in [0.15, 0.2) is 23.0 Å². The van der Waals surface area contributed by atoms with Crippen LogP contribution in [0.3, 0.4) is 0 Å². The van der Waals surface area contributed by atoms with Crippen molar-refractivity contribution >= 4 is 11.9 Å². The van der Waals surface area contributed by atoms with Crippen LogP contribution in [0.4, 0.5) is 0 Å². The molecule has 5 heteroatoms. The molecule has 0 radical (unpaired) electrons. The van der Waals surface area contributed by atoms with Gasteiger partial charge in [0, 0.05) is 5.56 Å². The van der Waals surface area contributed by atoms with E-state index in [-0.39, 0.29) is 0 Å². The van der Waals surface area contributed by atoms with Gasteiger partial charge in [-0.05, 0) is 6.07 Å². The lowest BCUT2D eigenvalue weighted by Gasteiger charge is -2.05. The molecule has 0 saturated carbocycles. The molecule has 5 nitrogen and oxygen atoms in total. The van der Waals surface area contributed by atoms with Crippen molar-refractivity contribution in [3.63, 3.8) is 0 Å². The molecule has 1 heterocycles. The minimum absolute atomic E-state index is 0.370. The predicted octanol–water partition coefficient (Wildman–Crippen LogP) is 0.923. The average Bonchev–Trinajstić information content (AvgIpc) is 2.50. The second-order valence-electron chi connectivity index (χ2n) is 2.55. The topological polar surface area (TPSA) is 87.7 Å². The fourth-order valence-corrected chi connectivity index (χ4v) is 0.996. The van der Waals surface area contributed by atoms with Crippen LogP contribution >= 0.6 is 0 Å². The quantitative estimate of drug-likeness (QED) is 0.726. The minimum Gasteiger partial charge on any atom is -0.481 e. The predicted molar refractivity (Wildman–Crippen MR) is 41.3 cm³/mol. The first-order valence-electron chi connectivity index (χ1n) is 3.58. The minimum atomic E-state index is -1.16. The molecule has 0 fully saturated rings. The van der Waals surface area contributed by atoms with Crippen LogP contribution < -0.4 is 0 Å². The van der Waals surface area contributed by atoms with Gasteiger partial charge in [-0.2, -0.15) is 0 Å². The molecule has 0 aliphatic heterocycles. The van der Waals surface area contributed by atoms with E-state index in [1.807, 2.05) is 0 Å². The number of carboxylic acids is 2. The molecule has 0 aliphatic carbocycles. The maximum absolute atomic E-state index is 10.6. The lowest BCUT2D eigenvalue weighted by Crippen LogP contribution is -2.15. The summed E-state index contributed by atoms with van der Waals surface area (Å²) in [5, 5.41) is 17.1. The summed E-state index contributed by atoms with van der Waals surface area (Å²) < 4.78 is 4.67. The highest BCUT2D eigenvalue weighted by Crippen LogP contribution is 2.20. The zero-order valence-electron chi connectivity index (χ0n) is 6.64. The number of aliphatic carboxylic acids is 2. The first-order chi connectivity index (χ1) is 6.11. The zero-order chi connectivity index (χ0) is 9.84. The van der Waals surface area contributed by atoms with E-state index in [0.717, 1.165) is 0 Å². The summed E-state index contributed by atoms with van der Waals surface area (Å²) in [6.45, 7) is 0. The summed E-state index contributed by atoms with van der Waals surface area (Å²) in [5.41, 5.74) is 0.370. The molecule has 0 spiro atoms. The molecule has 1 aromatic heterocycles. The Morgan fingerprint density at radius 3 is 2.54 bits per heavy atom. The zero-order valence-corrected chi connectivity index (χ0v) is 6.64. The molecular weight excluding hydrogens is 176 g/mol. The van der Waals surface area contributed by atoms with Crippen LogP contribution in [-0.4, -0.2) is 22.2 Å². The van der Waals surface area contributed by atoms with E-state index in [4.69, 9.17) is 10.2 Å². The molecule has 0 amide bonds. The Labute approximate surface area is 73.6 Å². The Hall–Kier alpha value is -1.78. The first kappa shape index (κ1) is 9.31. The third kappa shape index (κ3) is 2.33. The molecule has 0 aliphatic rings. The third-order valence-corrected chi connectivity index (χ3v) is 1.62. The molecule has 0 aromatic carbocycles. The van der Waals surface area contributed by atoms with Crippen molar-refractivity contribution in [3.8, 4) is 0 Å². The molecule has 1 unspecified atom stereocenters. The number of hydrogen-bond donors (Lipinski definition) is 2. The normalized spacial score (nSPS) is 12.3. The van der Waals surface area contributed by atoms with Crippen molar-refractivity contribution in [2.24, 2.45) is 0 Å². The second kappa shape index (κ2) is 3.75. The highest BCUT2D eigenvalue weighted by atomic mass is 16.4. The SMILES string of the molecule is O=C(O)CC(C(=O)O)c1ccoc1. The largest absolute Gasteiger partial charge is 0.481 e. The summed E-state index contributed by atoms with van der Waals surface area (Å²) in [6, 6.07) is 1.45. The molecule has 0 bridgehead atoms. The lowest BCUT2D eigenvalue weighted by atomic mass is 9.99. The number of hydrogen-bond acceptors (Lipinski definition) is 3. The summed E-state index contributed by atoms with van der Waals surface area (Å²) in [5.74, 6) is -3.34. The van der Waals surface area contributed by atoms with Gasteiger partial charge in [0.1, 0.15) is 0 Å². The van der Waals surface area contributed by atoms with Crippen molar-refractivity contribution in [2.45, 2.75) is 12.3 Å². The van der Waals surface area contributed by atoms with Gasteiger partial charge in [-0.25, -0.2) is 0 Å². The molecule has 13 heavy (non-hydrogen) atoms. The Kier molecular flexibility index (Phi) is 2.69. The molecule has 0 saturated heterocycles. The van der Waals surface area contributed by atoms with Crippen molar-refractivity contribution in [1.29, 1.82) is 0 Å². The first-order valence-corrected chi connectivity index (χ1v) is 3.58. The molecule has 1 aromatic rings. The van der Waals surface area contributed by atoms with Gasteiger partial charge < -0.3 is 14.6 Å². The van der Waals surface area contributed by atoms with Crippen molar-refractivity contribution in [2.75, 3.05) is 0 Å². The number of rotatable bonds is 4. The van der Waals surface area contributed by atoms with E-state index in [9.17, 15) is 9.59 Å². The van der Waals surface area contributed by atoms with Gasteiger partial charge in [0.15, 0.2) is 0 Å². The van der Waals surface area contributed by atoms with E-state index >= 15 is 0 Å². The average molecular weight is 184 g/mol. The molecule has 70 valence electrons. The smallest absolute Gasteiger partial charge is 0.311 e. The molecule has 1 rings (SSSR count). The van der Waals surface area contributed by atoms with Crippen LogP contribution in [0.2, 0.25) is 0 Å². The lowest BCUT2D eigenvalue weighted by molar-refractivity contribution is -0.145. The highest BCUT2D eigenvalue weighted by Gasteiger charge is 2.23. The van der Waals surface area contributed by atoms with Crippen LogP contribution in [0.25, 0.3) is 0 Å². The Balaban J connectivity index is 2.81. The van der Waals surface area contributed by atoms with Gasteiger partial charge >= 0.3 is 11.9 Å². The van der Waals surface area contributed by atoms with E-state index < -0.39 is 24.3 Å². The van der Waals surface area contributed by atoms with Crippen molar-refractivity contribution in [1.82, 2.24) is 0 Å². The molecule has 2 N–H and O–H groups in total. The summed E-state index contributed by atoms with van der Waals surface area (Å²) in [4.78, 5) is 20.9. The summed E-state index contributed by atoms with van der Waals surface area (Å²) in [7, 11) is 0.